The molecular formula is C16H17F3O3S2. The van der Waals surface area contributed by atoms with Crippen LogP contribution in [0.15, 0.2) is 35.2 Å². The standard InChI is InChI=1S/C16H17F3O3S2/c1-3-4-8-13-12-9-6-5-7-11(12)10-14(23-2)15(13)22-24(20,21)16(17,18)19/h5-7,9-10H,3-4,8H2,1-2H3. The number of hydrogen-bond donors (Lipinski definition) is 0. The molecule has 2 rings (SSSR count). The van der Waals surface area contributed by atoms with Crippen LogP contribution in [0.1, 0.15) is 25.3 Å². The van der Waals surface area contributed by atoms with Gasteiger partial charge in [-0.2, -0.15) is 21.6 Å². The lowest BCUT2D eigenvalue weighted by atomic mass is 9.99. The Hall–Kier alpha value is -1.41. The van der Waals surface area contributed by atoms with Crippen LogP contribution in [-0.4, -0.2) is 20.2 Å². The molecule has 132 valence electrons. The van der Waals surface area contributed by atoms with Crippen LogP contribution < -0.4 is 4.18 Å². The summed E-state index contributed by atoms with van der Waals surface area (Å²) in [5, 5.41) is 1.54. The lowest BCUT2D eigenvalue weighted by molar-refractivity contribution is -0.0501. The number of aryl methyl sites for hydroxylation is 1. The monoisotopic (exact) mass is 378 g/mol. The van der Waals surface area contributed by atoms with E-state index in [1.54, 1.807) is 24.5 Å². The van der Waals surface area contributed by atoms with Crippen LogP contribution in [0.2, 0.25) is 0 Å². The van der Waals surface area contributed by atoms with E-state index in [9.17, 15) is 21.6 Å². The fraction of sp³-hybridized carbons (Fsp3) is 0.375. The second kappa shape index (κ2) is 7.23. The van der Waals surface area contributed by atoms with E-state index in [0.717, 1.165) is 23.6 Å². The van der Waals surface area contributed by atoms with Crippen LogP contribution in [0.3, 0.4) is 0 Å². The molecule has 0 atom stereocenters. The van der Waals surface area contributed by atoms with Crippen LogP contribution in [0.25, 0.3) is 10.8 Å². The van der Waals surface area contributed by atoms with Crippen molar-refractivity contribution in [3.05, 3.63) is 35.9 Å². The van der Waals surface area contributed by atoms with Crippen molar-refractivity contribution < 1.29 is 25.8 Å². The summed E-state index contributed by atoms with van der Waals surface area (Å²) >= 11 is 1.15. The molecule has 0 heterocycles. The molecule has 0 spiro atoms. The Labute approximate surface area is 143 Å². The predicted octanol–water partition coefficient (Wildman–Crippen LogP) is 5.13. The highest BCUT2D eigenvalue weighted by Gasteiger charge is 2.49. The number of alkyl halides is 3. The van der Waals surface area contributed by atoms with Gasteiger partial charge in [0.1, 0.15) is 0 Å². The van der Waals surface area contributed by atoms with E-state index in [1.165, 1.54) is 0 Å². The largest absolute Gasteiger partial charge is 0.534 e. The molecular weight excluding hydrogens is 361 g/mol. The Morgan fingerprint density at radius 2 is 1.88 bits per heavy atom. The van der Waals surface area contributed by atoms with E-state index in [1.807, 2.05) is 19.1 Å². The number of halogens is 3. The highest BCUT2D eigenvalue weighted by Crippen LogP contribution is 2.40. The third-order valence-corrected chi connectivity index (χ3v) is 5.24. The van der Waals surface area contributed by atoms with Crippen molar-refractivity contribution in [2.24, 2.45) is 0 Å². The van der Waals surface area contributed by atoms with E-state index >= 15 is 0 Å². The van der Waals surface area contributed by atoms with Gasteiger partial charge in [-0.1, -0.05) is 37.6 Å². The van der Waals surface area contributed by atoms with Gasteiger partial charge in [-0.05, 0) is 35.9 Å². The number of thioether (sulfide) groups is 1. The highest BCUT2D eigenvalue weighted by molar-refractivity contribution is 7.98. The number of fused-ring (bicyclic) bond motifs is 1. The molecule has 0 bridgehead atoms. The number of hydrogen-bond acceptors (Lipinski definition) is 4. The predicted molar refractivity (Wildman–Crippen MR) is 89.9 cm³/mol. The lowest BCUT2D eigenvalue weighted by Gasteiger charge is -2.18. The van der Waals surface area contributed by atoms with E-state index in [4.69, 9.17) is 0 Å². The maximum Gasteiger partial charge on any atom is 0.534 e. The third-order valence-electron chi connectivity index (χ3n) is 3.55. The summed E-state index contributed by atoms with van der Waals surface area (Å²) in [4.78, 5) is 0.368. The quantitative estimate of drug-likeness (QED) is 0.397. The summed E-state index contributed by atoms with van der Waals surface area (Å²) in [7, 11) is -5.71. The normalized spacial score (nSPS) is 12.5. The van der Waals surface area contributed by atoms with E-state index < -0.39 is 15.6 Å². The topological polar surface area (TPSA) is 43.4 Å². The van der Waals surface area contributed by atoms with E-state index in [2.05, 4.69) is 4.18 Å². The second-order valence-electron chi connectivity index (χ2n) is 5.19. The zero-order valence-corrected chi connectivity index (χ0v) is 14.8. The zero-order valence-electron chi connectivity index (χ0n) is 13.2. The highest BCUT2D eigenvalue weighted by atomic mass is 32.2. The Bertz CT molecular complexity index is 830. The Morgan fingerprint density at radius 1 is 1.21 bits per heavy atom. The molecule has 0 amide bonds. The molecule has 0 aromatic heterocycles. The van der Waals surface area contributed by atoms with Gasteiger partial charge in [0, 0.05) is 5.56 Å². The second-order valence-corrected chi connectivity index (χ2v) is 7.58. The SMILES string of the molecule is CCCCc1c(OS(=O)(=O)C(F)(F)F)c(SC)cc2ccccc12. The van der Waals surface area contributed by atoms with Gasteiger partial charge in [0.05, 0.1) is 4.90 Å². The summed E-state index contributed by atoms with van der Waals surface area (Å²) in [6, 6.07) is 8.84. The summed E-state index contributed by atoms with van der Waals surface area (Å²) in [5.41, 5.74) is -4.97. The molecule has 2 aromatic carbocycles. The van der Waals surface area contributed by atoms with Crippen LogP contribution in [0, 0.1) is 0 Å². The summed E-state index contributed by atoms with van der Waals surface area (Å²) < 4.78 is 65.7. The average Bonchev–Trinajstić information content (AvgIpc) is 2.52. The molecule has 0 aliphatic heterocycles. The summed E-state index contributed by atoms with van der Waals surface area (Å²) in [5.74, 6) is -0.216. The smallest absolute Gasteiger partial charge is 0.375 e. The van der Waals surface area contributed by atoms with Gasteiger partial charge in [0.25, 0.3) is 0 Å². The molecule has 0 unspecified atom stereocenters. The number of benzene rings is 2. The van der Waals surface area contributed by atoms with Crippen molar-refractivity contribution in [1.82, 2.24) is 0 Å². The van der Waals surface area contributed by atoms with Crippen LogP contribution in [0.4, 0.5) is 13.2 Å². The number of rotatable bonds is 6. The van der Waals surface area contributed by atoms with Crippen molar-refractivity contribution in [3.63, 3.8) is 0 Å². The zero-order chi connectivity index (χ0) is 18.0. The fourth-order valence-electron chi connectivity index (χ4n) is 2.38. The van der Waals surface area contributed by atoms with Crippen LogP contribution in [0.5, 0.6) is 5.75 Å². The molecule has 24 heavy (non-hydrogen) atoms. The summed E-state index contributed by atoms with van der Waals surface area (Å²) in [6.45, 7) is 1.95. The van der Waals surface area contributed by atoms with Gasteiger partial charge in [-0.15, -0.1) is 11.8 Å². The molecule has 0 saturated carbocycles. The van der Waals surface area contributed by atoms with Gasteiger partial charge in [0.2, 0.25) is 0 Å². The maximum atomic E-state index is 12.7. The first-order valence-electron chi connectivity index (χ1n) is 7.30. The van der Waals surface area contributed by atoms with Crippen molar-refractivity contribution in [1.29, 1.82) is 0 Å². The molecule has 0 aliphatic carbocycles. The first-order valence-corrected chi connectivity index (χ1v) is 9.94. The average molecular weight is 378 g/mol. The Balaban J connectivity index is 2.69. The molecule has 3 nitrogen and oxygen atoms in total. The van der Waals surface area contributed by atoms with Gasteiger partial charge < -0.3 is 4.18 Å². The lowest BCUT2D eigenvalue weighted by Crippen LogP contribution is -2.28. The van der Waals surface area contributed by atoms with Gasteiger partial charge in [0.15, 0.2) is 5.75 Å². The van der Waals surface area contributed by atoms with Crippen molar-refractivity contribution in [3.8, 4) is 5.75 Å². The Morgan fingerprint density at radius 3 is 2.46 bits per heavy atom. The van der Waals surface area contributed by atoms with Crippen LogP contribution >= 0.6 is 11.8 Å². The molecule has 8 heteroatoms. The molecule has 0 aliphatic rings. The fourth-order valence-corrected chi connectivity index (χ4v) is 3.53. The van der Waals surface area contributed by atoms with E-state index in [-0.39, 0.29) is 5.75 Å². The van der Waals surface area contributed by atoms with Crippen molar-refractivity contribution in [2.75, 3.05) is 6.26 Å². The molecule has 0 radical (unpaired) electrons. The first kappa shape index (κ1) is 18.9. The van der Waals surface area contributed by atoms with Crippen LogP contribution in [-0.2, 0) is 16.5 Å². The molecule has 0 fully saturated rings. The van der Waals surface area contributed by atoms with Gasteiger partial charge in [-0.25, -0.2) is 0 Å². The molecule has 0 N–H and O–H groups in total. The molecule has 2 aromatic rings. The summed E-state index contributed by atoms with van der Waals surface area (Å²) in [6.07, 6.45) is 3.64. The first-order chi connectivity index (χ1) is 11.2. The molecule has 0 saturated heterocycles. The van der Waals surface area contributed by atoms with Crippen molar-refractivity contribution >= 4 is 32.7 Å². The number of unbranched alkanes of at least 4 members (excludes halogenated alkanes) is 1. The minimum Gasteiger partial charge on any atom is -0.375 e. The van der Waals surface area contributed by atoms with Crippen molar-refractivity contribution in [2.45, 2.75) is 36.6 Å². The minimum absolute atomic E-state index is 0.216. The van der Waals surface area contributed by atoms with Gasteiger partial charge in [-0.3, -0.25) is 0 Å². The van der Waals surface area contributed by atoms with E-state index in [0.29, 0.717) is 28.7 Å². The minimum atomic E-state index is -5.71. The Kier molecular flexibility index (Phi) is 5.70. The maximum absolute atomic E-state index is 12.7. The van der Waals surface area contributed by atoms with Gasteiger partial charge >= 0.3 is 15.6 Å². The third kappa shape index (κ3) is 3.80.